The van der Waals surface area contributed by atoms with Gasteiger partial charge in [-0.1, -0.05) is 205 Å². The molecule has 0 saturated carbocycles. The predicted molar refractivity (Wildman–Crippen MR) is 275 cm³/mol. The van der Waals surface area contributed by atoms with Gasteiger partial charge in [-0.15, -0.1) is 23.1 Å². The van der Waals surface area contributed by atoms with Gasteiger partial charge in [0.2, 0.25) is 5.60 Å². The highest BCUT2D eigenvalue weighted by Gasteiger charge is 2.54. The highest BCUT2D eigenvalue weighted by Crippen LogP contribution is 2.44. The molecule has 2 aliphatic rings. The Kier molecular flexibility index (Phi) is 13.0. The van der Waals surface area contributed by atoms with E-state index in [9.17, 15) is 14.7 Å². The van der Waals surface area contributed by atoms with Crippen LogP contribution in [0.4, 0.5) is 5.13 Å². The molecule has 11 nitrogen and oxygen atoms in total. The maximum atomic E-state index is 15.1. The van der Waals surface area contributed by atoms with E-state index in [1.807, 2.05) is 152 Å². The Morgan fingerprint density at radius 2 is 1.19 bits per heavy atom. The fourth-order valence-electron chi connectivity index (χ4n) is 9.03. The maximum Gasteiger partial charge on any atom is 0.352 e. The SMILES string of the molecule is O=C(O)C1=C(/C=C\c2cccnc2)CS[C@@H]2[C@H](NC(=O)C(=NOC(c3ccccc3)(c3ccccc3)c3ccccc3)c3csc(NC(c4ccccc4)(c4ccccc4)c4ccccc4)n3)C(=O)N12. The van der Waals surface area contributed by atoms with E-state index in [0.717, 1.165) is 38.9 Å². The number of carboxylic acids is 1. The van der Waals surface area contributed by atoms with Crippen molar-refractivity contribution >= 4 is 57.8 Å². The second-order valence-corrected chi connectivity index (χ2v) is 18.4. The molecule has 0 unspecified atom stereocenters. The van der Waals surface area contributed by atoms with Crippen LogP contribution in [0.3, 0.4) is 0 Å². The number of carbonyl (C=O) groups excluding carboxylic acids is 2. The fraction of sp³-hybridized carbons (Fsp3) is 0.0877. The van der Waals surface area contributed by atoms with Gasteiger partial charge in [0.15, 0.2) is 10.8 Å². The number of pyridine rings is 1. The minimum Gasteiger partial charge on any atom is -0.477 e. The van der Waals surface area contributed by atoms with Crippen LogP contribution in [0.15, 0.2) is 234 Å². The number of anilines is 1. The van der Waals surface area contributed by atoms with E-state index < -0.39 is 40.3 Å². The number of carbonyl (C=O) groups is 3. The number of rotatable bonds is 16. The molecule has 10 rings (SSSR count). The van der Waals surface area contributed by atoms with Gasteiger partial charge in [0, 0.05) is 40.2 Å². The molecular formula is C57H44N6O5S2. The summed E-state index contributed by atoms with van der Waals surface area (Å²) >= 11 is 2.65. The first kappa shape index (κ1) is 45.4. The van der Waals surface area contributed by atoms with Crippen LogP contribution in [0.25, 0.3) is 6.08 Å². The summed E-state index contributed by atoms with van der Waals surface area (Å²) in [5.41, 5.74) is 3.94. The monoisotopic (exact) mass is 956 g/mol. The van der Waals surface area contributed by atoms with E-state index in [1.165, 1.54) is 28.0 Å². The molecule has 0 radical (unpaired) electrons. The molecule has 2 aromatic heterocycles. The second kappa shape index (κ2) is 20.1. The molecule has 13 heteroatoms. The summed E-state index contributed by atoms with van der Waals surface area (Å²) in [6.45, 7) is 0. The average Bonchev–Trinajstić information content (AvgIpc) is 3.89. The molecule has 6 aromatic carbocycles. The van der Waals surface area contributed by atoms with Crippen LogP contribution >= 0.6 is 23.1 Å². The topological polar surface area (TPSA) is 146 Å². The van der Waals surface area contributed by atoms with Crippen LogP contribution in [0.1, 0.15) is 44.6 Å². The van der Waals surface area contributed by atoms with Crippen LogP contribution in [0, 0.1) is 0 Å². The molecule has 1 fully saturated rings. The number of amides is 2. The van der Waals surface area contributed by atoms with Crippen molar-refractivity contribution < 1.29 is 24.3 Å². The largest absolute Gasteiger partial charge is 0.477 e. The molecule has 8 aromatic rings. The van der Waals surface area contributed by atoms with Crippen LogP contribution in [0.2, 0.25) is 0 Å². The first-order valence-electron chi connectivity index (χ1n) is 22.5. The van der Waals surface area contributed by atoms with Gasteiger partial charge in [0.05, 0.1) is 0 Å². The third-order valence-electron chi connectivity index (χ3n) is 12.3. The predicted octanol–water partition coefficient (Wildman–Crippen LogP) is 10.1. The van der Waals surface area contributed by atoms with Crippen molar-refractivity contribution in [3.63, 3.8) is 0 Å². The summed E-state index contributed by atoms with van der Waals surface area (Å²) in [5, 5.41) is 23.5. The molecule has 0 aliphatic carbocycles. The standard InChI is InChI=1S/C57H44N6O5S2/c64-51(60-49-52(65)63-50(54(66)67)40(37-69-53(49)63)34-33-39-20-19-35-58-36-39)48(62-68-57(44-27-13-4-14-28-44,45-29-15-5-16-30-45)46-31-17-6-18-32-46)47-38-70-55(59-47)61-56(41-21-7-1-8-22-41,42-23-9-2-10-24-42)43-25-11-3-12-26-43/h1-36,38,49,53H,37H2,(H,59,61)(H,60,64)(H,66,67)/b34-33-,62-48?/t49-,53-/m1/s1. The van der Waals surface area contributed by atoms with E-state index in [2.05, 4.69) is 52.0 Å². The molecule has 4 heterocycles. The molecule has 2 amide bonds. The lowest BCUT2D eigenvalue weighted by atomic mass is 9.77. The van der Waals surface area contributed by atoms with E-state index in [1.54, 1.807) is 36.0 Å². The number of aliphatic carboxylic acids is 1. The Labute approximate surface area is 412 Å². The molecule has 1 saturated heterocycles. The van der Waals surface area contributed by atoms with E-state index in [4.69, 9.17) is 15.0 Å². The van der Waals surface area contributed by atoms with Crippen LogP contribution in [-0.4, -0.2) is 60.6 Å². The zero-order valence-corrected chi connectivity index (χ0v) is 39.0. The van der Waals surface area contributed by atoms with Gasteiger partial charge in [0.1, 0.15) is 28.3 Å². The zero-order valence-electron chi connectivity index (χ0n) is 37.4. The first-order chi connectivity index (χ1) is 34.4. The Morgan fingerprint density at radius 3 is 1.66 bits per heavy atom. The number of allylic oxidation sites excluding steroid dienone is 1. The molecule has 344 valence electrons. The summed E-state index contributed by atoms with van der Waals surface area (Å²) in [4.78, 5) is 59.4. The molecule has 3 N–H and O–H groups in total. The van der Waals surface area contributed by atoms with Crippen molar-refractivity contribution in [2.45, 2.75) is 22.6 Å². The number of hydrogen-bond donors (Lipinski definition) is 3. The molecule has 0 bridgehead atoms. The smallest absolute Gasteiger partial charge is 0.352 e. The van der Waals surface area contributed by atoms with Crippen LogP contribution < -0.4 is 10.6 Å². The number of carboxylic acid groups (broad SMARTS) is 1. The van der Waals surface area contributed by atoms with Crippen molar-refractivity contribution in [1.82, 2.24) is 20.2 Å². The van der Waals surface area contributed by atoms with E-state index >= 15 is 4.79 Å². The van der Waals surface area contributed by atoms with Crippen molar-refractivity contribution in [1.29, 1.82) is 0 Å². The van der Waals surface area contributed by atoms with Crippen molar-refractivity contribution in [2.75, 3.05) is 11.1 Å². The number of benzene rings is 6. The third kappa shape index (κ3) is 8.68. The number of hydrogen-bond acceptors (Lipinski definition) is 10. The third-order valence-corrected chi connectivity index (χ3v) is 14.4. The quantitative estimate of drug-likeness (QED) is 0.0373. The Balaban J connectivity index is 1.06. The van der Waals surface area contributed by atoms with E-state index in [0.29, 0.717) is 10.7 Å². The van der Waals surface area contributed by atoms with Gasteiger partial charge in [-0.2, -0.15) is 0 Å². The minimum absolute atomic E-state index is 0.135. The number of aromatic nitrogens is 2. The summed E-state index contributed by atoms with van der Waals surface area (Å²) in [7, 11) is 0. The Hall–Kier alpha value is -8.39. The lowest BCUT2D eigenvalue weighted by Gasteiger charge is -2.49. The number of oxime groups is 1. The number of nitrogens with one attached hydrogen (secondary N) is 2. The number of thiazole rings is 1. The lowest BCUT2D eigenvalue weighted by Crippen LogP contribution is -2.71. The van der Waals surface area contributed by atoms with Crippen LogP contribution in [-0.2, 0) is 30.4 Å². The van der Waals surface area contributed by atoms with E-state index in [-0.39, 0.29) is 22.9 Å². The highest BCUT2D eigenvalue weighted by atomic mass is 32.2. The van der Waals surface area contributed by atoms with Crippen molar-refractivity contribution in [3.05, 3.63) is 274 Å². The highest BCUT2D eigenvalue weighted by molar-refractivity contribution is 8.00. The van der Waals surface area contributed by atoms with Gasteiger partial charge in [-0.3, -0.25) is 19.5 Å². The molecule has 2 atom stereocenters. The first-order valence-corrected chi connectivity index (χ1v) is 24.4. The van der Waals surface area contributed by atoms with Gasteiger partial charge in [0.25, 0.3) is 11.8 Å². The summed E-state index contributed by atoms with van der Waals surface area (Å²) in [6, 6.07) is 61.9. The Morgan fingerprint density at radius 1 is 0.686 bits per heavy atom. The zero-order chi connectivity index (χ0) is 47.9. The number of fused-ring (bicyclic) bond motifs is 1. The van der Waals surface area contributed by atoms with Crippen LogP contribution in [0.5, 0.6) is 0 Å². The number of β-lactam (4-membered cyclic amide) rings is 1. The number of nitrogens with zero attached hydrogens (tertiary/aromatic N) is 4. The normalized spacial score (nSPS) is 16.0. The van der Waals surface area contributed by atoms with Crippen molar-refractivity contribution in [3.8, 4) is 0 Å². The van der Waals surface area contributed by atoms with Gasteiger partial charge < -0.3 is 20.6 Å². The van der Waals surface area contributed by atoms with Gasteiger partial charge >= 0.3 is 5.97 Å². The maximum absolute atomic E-state index is 15.1. The Bertz CT molecular complexity index is 3020. The number of thioether (sulfide) groups is 1. The molecule has 70 heavy (non-hydrogen) atoms. The molecular weight excluding hydrogens is 913 g/mol. The second-order valence-electron chi connectivity index (χ2n) is 16.5. The average molecular weight is 957 g/mol. The fourth-order valence-corrected chi connectivity index (χ4v) is 11.1. The minimum atomic E-state index is -1.36. The summed E-state index contributed by atoms with van der Waals surface area (Å²) in [5.74, 6) is -2.27. The van der Waals surface area contributed by atoms with Gasteiger partial charge in [-0.05, 0) is 33.9 Å². The van der Waals surface area contributed by atoms with Crippen molar-refractivity contribution in [2.24, 2.45) is 5.16 Å². The summed E-state index contributed by atoms with van der Waals surface area (Å²) < 4.78 is 0. The lowest BCUT2D eigenvalue weighted by molar-refractivity contribution is -0.150. The molecule has 0 spiro atoms. The molecule has 2 aliphatic heterocycles. The van der Waals surface area contributed by atoms with Gasteiger partial charge in [-0.25, -0.2) is 9.78 Å². The summed E-state index contributed by atoms with van der Waals surface area (Å²) in [6.07, 6.45) is 6.77.